The minimum absolute atomic E-state index is 0.0929. The van der Waals surface area contributed by atoms with Gasteiger partial charge in [-0.15, -0.1) is 0 Å². The van der Waals surface area contributed by atoms with Gasteiger partial charge in [0.25, 0.3) is 0 Å². The summed E-state index contributed by atoms with van der Waals surface area (Å²) < 4.78 is 0. The third-order valence-corrected chi connectivity index (χ3v) is 2.60. The molecule has 1 saturated carbocycles. The Morgan fingerprint density at radius 2 is 2.12 bits per heavy atom. The Kier molecular flexibility index (Phi) is 3.43. The van der Waals surface area contributed by atoms with Crippen LogP contribution >= 0.6 is 0 Å². The molecule has 0 saturated heterocycles. The lowest BCUT2D eigenvalue weighted by Gasteiger charge is -2.18. The number of carboxylic acid groups (broad SMARTS) is 1. The van der Waals surface area contributed by atoms with E-state index in [2.05, 4.69) is 9.97 Å². The summed E-state index contributed by atoms with van der Waals surface area (Å²) in [6.45, 7) is -0.00761. The van der Waals surface area contributed by atoms with Gasteiger partial charge < -0.3 is 5.11 Å². The molecule has 0 aromatic carbocycles. The summed E-state index contributed by atoms with van der Waals surface area (Å²) in [7, 11) is 0. The highest BCUT2D eigenvalue weighted by Crippen LogP contribution is 2.26. The van der Waals surface area contributed by atoms with Crippen molar-refractivity contribution < 1.29 is 14.7 Å². The van der Waals surface area contributed by atoms with Crippen LogP contribution in [0.3, 0.4) is 0 Å². The number of carboxylic acids is 1. The molecule has 6 heteroatoms. The first-order valence-electron chi connectivity index (χ1n) is 5.42. The van der Waals surface area contributed by atoms with Crippen LogP contribution in [-0.4, -0.2) is 50.9 Å². The minimum atomic E-state index is -0.913. The second kappa shape index (κ2) is 5.01. The van der Waals surface area contributed by atoms with Gasteiger partial charge >= 0.3 is 5.97 Å². The SMILES string of the molecule is O=C(O)CN(CC(=O)c1cnccn1)C1CC1. The van der Waals surface area contributed by atoms with Crippen molar-refractivity contribution >= 4 is 11.8 Å². The average molecular weight is 235 g/mol. The number of hydrogen-bond donors (Lipinski definition) is 1. The second-order valence-electron chi connectivity index (χ2n) is 4.04. The summed E-state index contributed by atoms with van der Waals surface area (Å²) in [6, 6.07) is 0.228. The Morgan fingerprint density at radius 1 is 1.35 bits per heavy atom. The largest absolute Gasteiger partial charge is 0.480 e. The molecule has 17 heavy (non-hydrogen) atoms. The maximum Gasteiger partial charge on any atom is 0.317 e. The van der Waals surface area contributed by atoms with E-state index < -0.39 is 5.97 Å². The Bertz CT molecular complexity index is 417. The smallest absolute Gasteiger partial charge is 0.317 e. The summed E-state index contributed by atoms with van der Waals surface area (Å²) in [5.74, 6) is -1.10. The maximum atomic E-state index is 11.8. The van der Waals surface area contributed by atoms with Crippen molar-refractivity contribution in [3.8, 4) is 0 Å². The van der Waals surface area contributed by atoms with Crippen LogP contribution in [0.4, 0.5) is 0 Å². The Balaban J connectivity index is 1.98. The van der Waals surface area contributed by atoms with Crippen LogP contribution < -0.4 is 0 Å². The van der Waals surface area contributed by atoms with E-state index in [-0.39, 0.29) is 30.6 Å². The fourth-order valence-electron chi connectivity index (χ4n) is 1.64. The van der Waals surface area contributed by atoms with E-state index in [1.807, 2.05) is 0 Å². The molecule has 1 aromatic rings. The zero-order valence-electron chi connectivity index (χ0n) is 9.24. The minimum Gasteiger partial charge on any atom is -0.480 e. The monoisotopic (exact) mass is 235 g/mol. The molecule has 0 atom stereocenters. The van der Waals surface area contributed by atoms with Gasteiger partial charge in [0.2, 0.25) is 0 Å². The van der Waals surface area contributed by atoms with Gasteiger partial charge in [-0.3, -0.25) is 19.5 Å². The van der Waals surface area contributed by atoms with E-state index >= 15 is 0 Å². The average Bonchev–Trinajstić information content (AvgIpc) is 3.12. The molecule has 0 amide bonds. The first-order valence-corrected chi connectivity index (χ1v) is 5.42. The normalized spacial score (nSPS) is 14.9. The lowest BCUT2D eigenvalue weighted by molar-refractivity contribution is -0.138. The third-order valence-electron chi connectivity index (χ3n) is 2.60. The number of aliphatic carboxylic acids is 1. The number of ketones is 1. The highest BCUT2D eigenvalue weighted by atomic mass is 16.4. The van der Waals surface area contributed by atoms with Crippen LogP contribution in [0.25, 0.3) is 0 Å². The van der Waals surface area contributed by atoms with Gasteiger partial charge in [-0.05, 0) is 12.8 Å². The topological polar surface area (TPSA) is 83.4 Å². The van der Waals surface area contributed by atoms with Gasteiger partial charge in [-0.25, -0.2) is 4.98 Å². The molecule has 1 fully saturated rings. The van der Waals surface area contributed by atoms with Crippen LogP contribution in [0.2, 0.25) is 0 Å². The van der Waals surface area contributed by atoms with Crippen LogP contribution in [0.5, 0.6) is 0 Å². The van der Waals surface area contributed by atoms with E-state index in [1.165, 1.54) is 18.6 Å². The molecule has 0 spiro atoms. The van der Waals surface area contributed by atoms with Crippen molar-refractivity contribution in [3.63, 3.8) is 0 Å². The molecule has 0 radical (unpaired) electrons. The van der Waals surface area contributed by atoms with E-state index in [9.17, 15) is 9.59 Å². The van der Waals surface area contributed by atoms with E-state index in [4.69, 9.17) is 5.11 Å². The first-order chi connectivity index (χ1) is 8.16. The fraction of sp³-hybridized carbons (Fsp3) is 0.455. The summed E-state index contributed by atoms with van der Waals surface area (Å²) >= 11 is 0. The summed E-state index contributed by atoms with van der Waals surface area (Å²) in [5, 5.41) is 8.76. The van der Waals surface area contributed by atoms with Gasteiger partial charge in [0.15, 0.2) is 5.78 Å². The Labute approximate surface area is 98.3 Å². The standard InChI is InChI=1S/C11H13N3O3/c15-10(9-5-12-3-4-13-9)6-14(7-11(16)17)8-1-2-8/h3-5,8H,1-2,6-7H2,(H,16,17). The molecule has 90 valence electrons. The molecular formula is C11H13N3O3. The van der Waals surface area contributed by atoms with Gasteiger partial charge in [0, 0.05) is 18.4 Å². The van der Waals surface area contributed by atoms with Crippen molar-refractivity contribution in [3.05, 3.63) is 24.3 Å². The highest BCUT2D eigenvalue weighted by molar-refractivity contribution is 5.95. The third kappa shape index (κ3) is 3.32. The van der Waals surface area contributed by atoms with Crippen molar-refractivity contribution in [1.82, 2.24) is 14.9 Å². The number of Topliss-reactive ketones (excluding diaryl/α,β-unsaturated/α-hetero) is 1. The Hall–Kier alpha value is -1.82. The molecule has 0 unspecified atom stereocenters. The Morgan fingerprint density at radius 3 is 2.65 bits per heavy atom. The van der Waals surface area contributed by atoms with Gasteiger partial charge in [0.05, 0.1) is 19.3 Å². The zero-order chi connectivity index (χ0) is 12.3. The van der Waals surface area contributed by atoms with E-state index in [0.717, 1.165) is 12.8 Å². The molecule has 2 rings (SSSR count). The molecule has 6 nitrogen and oxygen atoms in total. The molecular weight excluding hydrogens is 222 g/mol. The first kappa shape index (κ1) is 11.7. The number of carbonyl (C=O) groups is 2. The van der Waals surface area contributed by atoms with E-state index in [1.54, 1.807) is 4.90 Å². The lowest BCUT2D eigenvalue weighted by Crippen LogP contribution is -2.36. The highest BCUT2D eigenvalue weighted by Gasteiger charge is 2.31. The second-order valence-corrected chi connectivity index (χ2v) is 4.04. The molecule has 1 aliphatic rings. The molecule has 1 aliphatic carbocycles. The zero-order valence-corrected chi connectivity index (χ0v) is 9.24. The summed E-state index contributed by atoms with van der Waals surface area (Å²) in [5.41, 5.74) is 0.281. The molecule has 0 aliphatic heterocycles. The maximum absolute atomic E-state index is 11.8. The van der Waals surface area contributed by atoms with Crippen molar-refractivity contribution in [2.75, 3.05) is 13.1 Å². The molecule has 0 bridgehead atoms. The number of nitrogens with zero attached hydrogens (tertiary/aromatic N) is 3. The summed E-state index contributed by atoms with van der Waals surface area (Å²) in [4.78, 5) is 31.9. The number of rotatable bonds is 6. The quantitative estimate of drug-likeness (QED) is 0.709. The predicted molar refractivity (Wildman–Crippen MR) is 58.6 cm³/mol. The van der Waals surface area contributed by atoms with E-state index in [0.29, 0.717) is 0 Å². The lowest BCUT2D eigenvalue weighted by atomic mass is 10.2. The number of hydrogen-bond acceptors (Lipinski definition) is 5. The predicted octanol–water partition coefficient (Wildman–Crippen LogP) is 0.208. The van der Waals surface area contributed by atoms with Crippen LogP contribution in [-0.2, 0) is 4.79 Å². The fourth-order valence-corrected chi connectivity index (χ4v) is 1.64. The van der Waals surface area contributed by atoms with Crippen molar-refractivity contribution in [2.24, 2.45) is 0 Å². The summed E-state index contributed by atoms with van der Waals surface area (Å²) in [6.07, 6.45) is 6.26. The van der Waals surface area contributed by atoms with Crippen molar-refractivity contribution in [1.29, 1.82) is 0 Å². The van der Waals surface area contributed by atoms with Crippen LogP contribution in [0.1, 0.15) is 23.3 Å². The number of aromatic nitrogens is 2. The number of carbonyl (C=O) groups excluding carboxylic acids is 1. The molecule has 1 aromatic heterocycles. The van der Waals surface area contributed by atoms with Gasteiger partial charge in [-0.1, -0.05) is 0 Å². The van der Waals surface area contributed by atoms with Crippen LogP contribution in [0, 0.1) is 0 Å². The van der Waals surface area contributed by atoms with Crippen LogP contribution in [0.15, 0.2) is 18.6 Å². The molecule has 1 N–H and O–H groups in total. The molecule has 1 heterocycles. The van der Waals surface area contributed by atoms with Crippen molar-refractivity contribution in [2.45, 2.75) is 18.9 Å². The van der Waals surface area contributed by atoms with Gasteiger partial charge in [0.1, 0.15) is 5.69 Å². The van der Waals surface area contributed by atoms with Gasteiger partial charge in [-0.2, -0.15) is 0 Å².